The molecule has 1 aromatic carbocycles. The van der Waals surface area contributed by atoms with E-state index in [4.69, 9.17) is 5.11 Å². The standard InChI is InChI=1S/C16H23FN2O2/c1-2-19(12-16(20)21)14-7-9-18(10-8-14)11-13-5-3-4-6-15(13)17/h3-6,14H,2,7-12H2,1H3,(H,20,21). The molecule has 0 spiro atoms. The number of rotatable bonds is 6. The van der Waals surface area contributed by atoms with E-state index in [2.05, 4.69) is 4.90 Å². The molecule has 0 unspecified atom stereocenters. The van der Waals surface area contributed by atoms with Gasteiger partial charge in [-0.15, -0.1) is 0 Å². The fourth-order valence-electron chi connectivity index (χ4n) is 2.98. The summed E-state index contributed by atoms with van der Waals surface area (Å²) in [5, 5.41) is 8.93. The first kappa shape index (κ1) is 15.9. The second-order valence-electron chi connectivity index (χ2n) is 5.56. The van der Waals surface area contributed by atoms with Gasteiger partial charge in [-0.05, 0) is 38.5 Å². The van der Waals surface area contributed by atoms with Crippen LogP contribution < -0.4 is 0 Å². The van der Waals surface area contributed by atoms with E-state index in [0.29, 0.717) is 12.6 Å². The lowest BCUT2D eigenvalue weighted by Gasteiger charge is -2.37. The molecule has 0 aromatic heterocycles. The molecule has 0 bridgehead atoms. The van der Waals surface area contributed by atoms with Gasteiger partial charge in [0.05, 0.1) is 6.54 Å². The first-order valence-electron chi connectivity index (χ1n) is 7.51. The molecule has 1 aliphatic rings. The molecule has 0 aliphatic carbocycles. The third-order valence-electron chi connectivity index (χ3n) is 4.17. The molecule has 116 valence electrons. The SMILES string of the molecule is CCN(CC(=O)O)C1CCN(Cc2ccccc2F)CC1. The molecule has 1 aliphatic heterocycles. The van der Waals surface area contributed by atoms with Gasteiger partial charge in [-0.3, -0.25) is 14.6 Å². The maximum absolute atomic E-state index is 13.6. The van der Waals surface area contributed by atoms with Gasteiger partial charge in [0.1, 0.15) is 5.82 Å². The second kappa shape index (κ2) is 7.52. The maximum atomic E-state index is 13.6. The van der Waals surface area contributed by atoms with Gasteiger partial charge in [0, 0.05) is 18.2 Å². The fourth-order valence-corrected chi connectivity index (χ4v) is 2.98. The van der Waals surface area contributed by atoms with Crippen LogP contribution in [0.3, 0.4) is 0 Å². The molecule has 0 atom stereocenters. The zero-order chi connectivity index (χ0) is 15.2. The summed E-state index contributed by atoms with van der Waals surface area (Å²) in [5.41, 5.74) is 0.730. The summed E-state index contributed by atoms with van der Waals surface area (Å²) in [4.78, 5) is 15.1. The van der Waals surface area contributed by atoms with Crippen LogP contribution in [0.15, 0.2) is 24.3 Å². The molecule has 0 saturated carbocycles. The van der Waals surface area contributed by atoms with Crippen molar-refractivity contribution >= 4 is 5.97 Å². The van der Waals surface area contributed by atoms with Crippen LogP contribution in [0.1, 0.15) is 25.3 Å². The number of benzene rings is 1. The van der Waals surface area contributed by atoms with Crippen molar-refractivity contribution < 1.29 is 14.3 Å². The molecule has 1 heterocycles. The van der Waals surface area contributed by atoms with Gasteiger partial charge in [-0.25, -0.2) is 4.39 Å². The number of aliphatic carboxylic acids is 1. The lowest BCUT2D eigenvalue weighted by Crippen LogP contribution is -2.46. The Hall–Kier alpha value is -1.46. The summed E-state index contributed by atoms with van der Waals surface area (Å²) in [5.74, 6) is -0.925. The van der Waals surface area contributed by atoms with Crippen LogP contribution >= 0.6 is 0 Å². The Labute approximate surface area is 125 Å². The third kappa shape index (κ3) is 4.51. The van der Waals surface area contributed by atoms with Gasteiger partial charge in [0.25, 0.3) is 0 Å². The first-order chi connectivity index (χ1) is 10.1. The molecule has 1 aromatic rings. The van der Waals surface area contributed by atoms with E-state index in [1.807, 2.05) is 24.0 Å². The lowest BCUT2D eigenvalue weighted by molar-refractivity contribution is -0.139. The van der Waals surface area contributed by atoms with Crippen molar-refractivity contribution in [2.45, 2.75) is 32.4 Å². The predicted octanol–water partition coefficient (Wildman–Crippen LogP) is 2.20. The Balaban J connectivity index is 1.85. The average Bonchev–Trinajstić information content (AvgIpc) is 2.48. The zero-order valence-corrected chi connectivity index (χ0v) is 12.5. The minimum absolute atomic E-state index is 0.106. The molecule has 0 amide bonds. The minimum Gasteiger partial charge on any atom is -0.480 e. The van der Waals surface area contributed by atoms with Gasteiger partial charge >= 0.3 is 5.97 Å². The van der Waals surface area contributed by atoms with E-state index < -0.39 is 5.97 Å². The average molecular weight is 294 g/mol. The molecule has 21 heavy (non-hydrogen) atoms. The molecule has 1 fully saturated rings. The molecular weight excluding hydrogens is 271 g/mol. The van der Waals surface area contributed by atoms with Crippen LogP contribution in [0.4, 0.5) is 4.39 Å². The molecule has 1 N–H and O–H groups in total. The zero-order valence-electron chi connectivity index (χ0n) is 12.5. The Bertz CT molecular complexity index is 473. The van der Waals surface area contributed by atoms with E-state index in [-0.39, 0.29) is 12.4 Å². The fraction of sp³-hybridized carbons (Fsp3) is 0.562. The molecule has 5 heteroatoms. The number of carboxylic acid groups (broad SMARTS) is 1. The highest BCUT2D eigenvalue weighted by Crippen LogP contribution is 2.19. The summed E-state index contributed by atoms with van der Waals surface area (Å²) in [6, 6.07) is 7.20. The minimum atomic E-state index is -0.773. The smallest absolute Gasteiger partial charge is 0.317 e. The lowest BCUT2D eigenvalue weighted by atomic mass is 10.0. The van der Waals surface area contributed by atoms with Gasteiger partial charge in [0.2, 0.25) is 0 Å². The van der Waals surface area contributed by atoms with Crippen LogP contribution in [0, 0.1) is 5.82 Å². The van der Waals surface area contributed by atoms with Crippen molar-refractivity contribution in [1.82, 2.24) is 9.80 Å². The number of carbonyl (C=O) groups is 1. The van der Waals surface area contributed by atoms with Crippen molar-refractivity contribution in [3.05, 3.63) is 35.6 Å². The van der Waals surface area contributed by atoms with Crippen LogP contribution in [-0.4, -0.2) is 53.1 Å². The van der Waals surface area contributed by atoms with E-state index in [1.54, 1.807) is 6.07 Å². The number of carboxylic acids is 1. The highest BCUT2D eigenvalue weighted by molar-refractivity contribution is 5.69. The highest BCUT2D eigenvalue weighted by atomic mass is 19.1. The Kier molecular flexibility index (Phi) is 5.70. The maximum Gasteiger partial charge on any atom is 0.317 e. The Morgan fingerprint density at radius 2 is 2.05 bits per heavy atom. The molecular formula is C16H23FN2O2. The molecule has 2 rings (SSSR count). The van der Waals surface area contributed by atoms with E-state index >= 15 is 0 Å². The topological polar surface area (TPSA) is 43.8 Å². The molecule has 4 nitrogen and oxygen atoms in total. The highest BCUT2D eigenvalue weighted by Gasteiger charge is 2.25. The third-order valence-corrected chi connectivity index (χ3v) is 4.17. The largest absolute Gasteiger partial charge is 0.480 e. The van der Waals surface area contributed by atoms with Crippen molar-refractivity contribution in [3.63, 3.8) is 0 Å². The number of halogens is 1. The van der Waals surface area contributed by atoms with E-state index in [0.717, 1.165) is 38.0 Å². The quantitative estimate of drug-likeness (QED) is 0.873. The van der Waals surface area contributed by atoms with Crippen molar-refractivity contribution in [2.75, 3.05) is 26.2 Å². The normalized spacial score (nSPS) is 17.3. The number of piperidine rings is 1. The summed E-state index contributed by atoms with van der Waals surface area (Å²) in [6.07, 6.45) is 1.88. The van der Waals surface area contributed by atoms with Gasteiger partial charge < -0.3 is 5.11 Å². The van der Waals surface area contributed by atoms with E-state index in [9.17, 15) is 9.18 Å². The van der Waals surface area contributed by atoms with Crippen molar-refractivity contribution in [3.8, 4) is 0 Å². The Morgan fingerprint density at radius 3 is 2.62 bits per heavy atom. The number of hydrogen-bond donors (Lipinski definition) is 1. The number of likely N-dealkylation sites (tertiary alicyclic amines) is 1. The van der Waals surface area contributed by atoms with Gasteiger partial charge in [-0.2, -0.15) is 0 Å². The van der Waals surface area contributed by atoms with Crippen LogP contribution in [0.2, 0.25) is 0 Å². The van der Waals surface area contributed by atoms with Crippen molar-refractivity contribution in [2.24, 2.45) is 0 Å². The number of likely N-dealkylation sites (N-methyl/N-ethyl adjacent to an activating group) is 1. The van der Waals surface area contributed by atoms with Crippen LogP contribution in [-0.2, 0) is 11.3 Å². The first-order valence-corrected chi connectivity index (χ1v) is 7.51. The summed E-state index contributed by atoms with van der Waals surface area (Å²) in [7, 11) is 0. The summed E-state index contributed by atoms with van der Waals surface area (Å²) >= 11 is 0. The predicted molar refractivity (Wildman–Crippen MR) is 79.6 cm³/mol. The second-order valence-corrected chi connectivity index (χ2v) is 5.56. The van der Waals surface area contributed by atoms with Crippen LogP contribution in [0.25, 0.3) is 0 Å². The summed E-state index contributed by atoms with van der Waals surface area (Å²) < 4.78 is 13.6. The van der Waals surface area contributed by atoms with Crippen molar-refractivity contribution in [1.29, 1.82) is 0 Å². The summed E-state index contributed by atoms with van der Waals surface area (Å²) in [6.45, 7) is 5.25. The monoisotopic (exact) mass is 294 g/mol. The van der Waals surface area contributed by atoms with Gasteiger partial charge in [-0.1, -0.05) is 25.1 Å². The van der Waals surface area contributed by atoms with Gasteiger partial charge in [0.15, 0.2) is 0 Å². The molecule has 0 radical (unpaired) electrons. The Morgan fingerprint density at radius 1 is 1.38 bits per heavy atom. The molecule has 1 saturated heterocycles. The van der Waals surface area contributed by atoms with Crippen LogP contribution in [0.5, 0.6) is 0 Å². The number of hydrogen-bond acceptors (Lipinski definition) is 3. The number of nitrogens with zero attached hydrogens (tertiary/aromatic N) is 2. The van der Waals surface area contributed by atoms with E-state index in [1.165, 1.54) is 6.07 Å².